The smallest absolute Gasteiger partial charge is 0 e. The second-order valence-corrected chi connectivity index (χ2v) is 9.80. The number of nitrogens with zero attached hydrogens (tertiary/aromatic N) is 4. The Morgan fingerprint density at radius 2 is 0.440 bits per heavy atom. The predicted octanol–water partition coefficient (Wildman–Crippen LogP) is 7.15. The molecule has 0 aromatic heterocycles. The number of rotatable bonds is 0. The first-order valence-electron chi connectivity index (χ1n) is 8.68. The minimum absolute atomic E-state index is 0. The average Bonchev–Trinajstić information content (AvgIpc) is 2.06. The largest absolute Gasteiger partial charge is 0.668 e. The Hall–Kier alpha value is 0.528. The Morgan fingerprint density at radius 1 is 0.360 bits per heavy atom. The van der Waals surface area contributed by atoms with E-state index in [1.165, 1.54) is 0 Å². The molecule has 0 amide bonds. The van der Waals surface area contributed by atoms with Crippen molar-refractivity contribution in [1.29, 1.82) is 0 Å². The van der Waals surface area contributed by atoms with E-state index < -0.39 is 0 Å². The number of hydrogen-bond acceptors (Lipinski definition) is 0. The van der Waals surface area contributed by atoms with Crippen LogP contribution in [0.3, 0.4) is 0 Å². The van der Waals surface area contributed by atoms with E-state index in [2.05, 4.69) is 104 Å². The molecule has 0 spiro atoms. The minimum atomic E-state index is 0. The summed E-state index contributed by atoms with van der Waals surface area (Å²) < 4.78 is 0. The Morgan fingerprint density at radius 3 is 0.440 bits per heavy atom. The van der Waals surface area contributed by atoms with E-state index in [1.54, 1.807) is 28.2 Å². The predicted molar refractivity (Wildman–Crippen MR) is 116 cm³/mol. The Kier molecular flexibility index (Phi) is 24.3. The van der Waals surface area contributed by atoms with Crippen LogP contribution in [0.25, 0.3) is 21.3 Å². The summed E-state index contributed by atoms with van der Waals surface area (Å²) in [5.41, 5.74) is 0.438. The molecule has 5 heteroatoms. The van der Waals surface area contributed by atoms with E-state index in [1.807, 2.05) is 0 Å². The SMILES string of the molecule is CC(C)(C)[N-]C(C)(C)C.CC(C)(C)[N-]C(C)(C)C.C[N-]C.C[N-]C.[W]. The maximum absolute atomic E-state index is 4.54. The van der Waals surface area contributed by atoms with E-state index in [-0.39, 0.29) is 43.2 Å². The second kappa shape index (κ2) is 16.7. The molecule has 158 valence electrons. The Labute approximate surface area is 175 Å². The van der Waals surface area contributed by atoms with Crippen LogP contribution in [0.5, 0.6) is 0 Å². The van der Waals surface area contributed by atoms with Gasteiger partial charge in [0.15, 0.2) is 0 Å². The standard InChI is InChI=1S/2C8H18N.2C2H6N.W/c2*1-7(2,3)9-8(4,5)6;2*1-3-2;/h2*1-6H3;2*1-2H3;/q4*-1;. The van der Waals surface area contributed by atoms with Crippen LogP contribution in [0.1, 0.15) is 83.1 Å². The average molecular weight is 528 g/mol. The molecule has 0 aromatic carbocycles. The van der Waals surface area contributed by atoms with Crippen molar-refractivity contribution >= 4 is 0 Å². The first-order valence-corrected chi connectivity index (χ1v) is 8.68. The Bertz CT molecular complexity index is 201. The summed E-state index contributed by atoms with van der Waals surface area (Å²) in [5, 5.41) is 16.1. The Balaban J connectivity index is -0.0000000788. The third-order valence-electron chi connectivity index (χ3n) is 1.34. The van der Waals surface area contributed by atoms with Crippen LogP contribution in [0.2, 0.25) is 0 Å². The van der Waals surface area contributed by atoms with Gasteiger partial charge in [-0.1, -0.05) is 83.1 Å². The molecule has 0 aromatic rings. The van der Waals surface area contributed by atoms with Gasteiger partial charge in [0, 0.05) is 21.1 Å². The summed E-state index contributed by atoms with van der Waals surface area (Å²) in [6, 6.07) is 0. The van der Waals surface area contributed by atoms with Crippen molar-refractivity contribution in [2.24, 2.45) is 0 Å². The van der Waals surface area contributed by atoms with Crippen molar-refractivity contribution in [2.75, 3.05) is 28.2 Å². The third kappa shape index (κ3) is 79.3. The zero-order valence-electron chi connectivity index (χ0n) is 20.2. The monoisotopic (exact) mass is 528 g/mol. The summed E-state index contributed by atoms with van der Waals surface area (Å²) in [6.45, 7) is 25.5. The van der Waals surface area contributed by atoms with Crippen LogP contribution in [0.15, 0.2) is 0 Å². The molecule has 0 atom stereocenters. The van der Waals surface area contributed by atoms with E-state index in [4.69, 9.17) is 0 Å². The van der Waals surface area contributed by atoms with Gasteiger partial charge >= 0.3 is 0 Å². The van der Waals surface area contributed by atoms with Gasteiger partial charge in [0.05, 0.1) is 0 Å². The van der Waals surface area contributed by atoms with Crippen LogP contribution in [-0.4, -0.2) is 50.3 Å². The molecule has 0 rings (SSSR count). The van der Waals surface area contributed by atoms with E-state index >= 15 is 0 Å². The molecule has 0 N–H and O–H groups in total. The quantitative estimate of drug-likeness (QED) is 0.321. The topological polar surface area (TPSA) is 56.4 Å². The van der Waals surface area contributed by atoms with Crippen LogP contribution < -0.4 is 0 Å². The first-order chi connectivity index (χ1) is 10.2. The molecule has 0 aliphatic rings. The summed E-state index contributed by atoms with van der Waals surface area (Å²) in [7, 11) is 7.00. The van der Waals surface area contributed by atoms with Crippen LogP contribution in [0.4, 0.5) is 0 Å². The normalized spacial score (nSPS) is 11.5. The van der Waals surface area contributed by atoms with Gasteiger partial charge < -0.3 is 21.3 Å². The number of hydrogen-bond donors (Lipinski definition) is 0. The molecule has 0 fully saturated rings. The molecule has 0 radical (unpaired) electrons. The van der Waals surface area contributed by atoms with Gasteiger partial charge in [-0.3, -0.25) is 0 Å². The molecule has 0 bridgehead atoms. The van der Waals surface area contributed by atoms with Crippen molar-refractivity contribution in [1.82, 2.24) is 0 Å². The van der Waals surface area contributed by atoms with Crippen molar-refractivity contribution < 1.29 is 21.1 Å². The van der Waals surface area contributed by atoms with Gasteiger partial charge in [0.1, 0.15) is 0 Å². The van der Waals surface area contributed by atoms with Crippen molar-refractivity contribution in [2.45, 2.75) is 105 Å². The molecule has 0 aliphatic carbocycles. The summed E-state index contributed by atoms with van der Waals surface area (Å²) in [4.78, 5) is 0. The van der Waals surface area contributed by atoms with E-state index in [0.29, 0.717) is 0 Å². The van der Waals surface area contributed by atoms with Gasteiger partial charge in [-0.25, -0.2) is 0 Å². The fraction of sp³-hybridized carbons (Fsp3) is 1.00. The summed E-state index contributed by atoms with van der Waals surface area (Å²) in [5.74, 6) is 0. The molecule has 0 unspecified atom stereocenters. The maximum Gasteiger partial charge on any atom is 0 e. The molecule has 4 nitrogen and oxygen atoms in total. The van der Waals surface area contributed by atoms with Crippen molar-refractivity contribution in [3.8, 4) is 0 Å². The zero-order chi connectivity index (χ0) is 20.8. The fourth-order valence-electron chi connectivity index (χ4n) is 2.01. The molecular weight excluding hydrogens is 480 g/mol. The van der Waals surface area contributed by atoms with E-state index in [9.17, 15) is 0 Å². The fourth-order valence-corrected chi connectivity index (χ4v) is 2.01. The second-order valence-electron chi connectivity index (χ2n) is 9.80. The van der Waals surface area contributed by atoms with Crippen LogP contribution >= 0.6 is 0 Å². The van der Waals surface area contributed by atoms with E-state index in [0.717, 1.165) is 0 Å². The maximum atomic E-state index is 4.54. The molecule has 0 aliphatic heterocycles. The zero-order valence-corrected chi connectivity index (χ0v) is 23.1. The summed E-state index contributed by atoms with van der Waals surface area (Å²) in [6.07, 6.45) is 0. The molecule has 0 heterocycles. The van der Waals surface area contributed by atoms with Crippen molar-refractivity contribution in [3.63, 3.8) is 0 Å². The van der Waals surface area contributed by atoms with Gasteiger partial charge in [-0.15, -0.1) is 22.2 Å². The third-order valence-corrected chi connectivity index (χ3v) is 1.34. The van der Waals surface area contributed by atoms with Crippen LogP contribution in [-0.2, 0) is 21.1 Å². The van der Waals surface area contributed by atoms with Gasteiger partial charge in [-0.2, -0.15) is 28.2 Å². The molecule has 0 saturated heterocycles. The van der Waals surface area contributed by atoms with Gasteiger partial charge in [0.2, 0.25) is 0 Å². The summed E-state index contributed by atoms with van der Waals surface area (Å²) >= 11 is 0. The molecule has 0 saturated carbocycles. The first kappa shape index (κ1) is 36.4. The minimum Gasteiger partial charge on any atom is -0.668 e. The van der Waals surface area contributed by atoms with Gasteiger partial charge in [0.25, 0.3) is 0 Å². The van der Waals surface area contributed by atoms with Gasteiger partial charge in [-0.05, 0) is 0 Å². The molecular formula is C20H48N4W-4. The van der Waals surface area contributed by atoms with Crippen LogP contribution in [0, 0.1) is 0 Å². The van der Waals surface area contributed by atoms with Crippen molar-refractivity contribution in [3.05, 3.63) is 21.3 Å². The molecule has 25 heavy (non-hydrogen) atoms.